The second-order valence-electron chi connectivity index (χ2n) is 5.78. The predicted octanol–water partition coefficient (Wildman–Crippen LogP) is 4.06. The van der Waals surface area contributed by atoms with Gasteiger partial charge in [0.05, 0.1) is 5.69 Å². The number of anilines is 1. The molecule has 2 aromatic rings. The van der Waals surface area contributed by atoms with Crippen molar-refractivity contribution >= 4 is 5.69 Å². The fraction of sp³-hybridized carbons (Fsp3) is 0.312. The molecule has 2 N–H and O–H groups in total. The maximum atomic E-state index is 5.92. The van der Waals surface area contributed by atoms with Crippen molar-refractivity contribution in [2.45, 2.75) is 33.1 Å². The van der Waals surface area contributed by atoms with E-state index < -0.39 is 0 Å². The second-order valence-corrected chi connectivity index (χ2v) is 5.78. The number of nitrogens with zero attached hydrogens (tertiary/aromatic N) is 1. The Morgan fingerprint density at radius 1 is 1.11 bits per heavy atom. The van der Waals surface area contributed by atoms with Gasteiger partial charge in [-0.15, -0.1) is 0 Å². The molecule has 0 aliphatic rings. The van der Waals surface area contributed by atoms with Gasteiger partial charge in [-0.25, -0.2) is 4.98 Å². The van der Waals surface area contributed by atoms with E-state index in [2.05, 4.69) is 25.8 Å². The Morgan fingerprint density at radius 3 is 2.37 bits per heavy atom. The third-order valence-electron chi connectivity index (χ3n) is 2.98. The van der Waals surface area contributed by atoms with Gasteiger partial charge >= 0.3 is 0 Å². The molecule has 0 fully saturated rings. The Morgan fingerprint density at radius 2 is 1.84 bits per heavy atom. The highest BCUT2D eigenvalue weighted by Crippen LogP contribution is 2.28. The molecule has 3 heteroatoms. The molecule has 0 radical (unpaired) electrons. The summed E-state index contributed by atoms with van der Waals surface area (Å²) < 4.78 is 5.70. The first-order valence-electron chi connectivity index (χ1n) is 6.37. The first kappa shape index (κ1) is 13.4. The van der Waals surface area contributed by atoms with E-state index in [0.29, 0.717) is 17.3 Å². The standard InChI is InChI=1S/C16H20N2O/c1-11-5-7-14(13(17)9-11)19-15-8-6-12(10-18-15)16(2,3)4/h5-10H,17H2,1-4H3. The number of ether oxygens (including phenoxy) is 1. The SMILES string of the molecule is Cc1ccc(Oc2ccc(C(C)(C)C)cn2)c(N)c1. The summed E-state index contributed by atoms with van der Waals surface area (Å²) in [5.41, 5.74) is 8.92. The van der Waals surface area contributed by atoms with Crippen molar-refractivity contribution in [3.05, 3.63) is 47.7 Å². The minimum absolute atomic E-state index is 0.0917. The molecular formula is C16H20N2O. The van der Waals surface area contributed by atoms with Crippen molar-refractivity contribution < 1.29 is 4.74 Å². The minimum atomic E-state index is 0.0917. The number of aryl methyl sites for hydroxylation is 1. The van der Waals surface area contributed by atoms with Gasteiger partial charge in [0, 0.05) is 12.3 Å². The van der Waals surface area contributed by atoms with Crippen LogP contribution in [0, 0.1) is 6.92 Å². The van der Waals surface area contributed by atoms with Gasteiger partial charge in [0.2, 0.25) is 5.88 Å². The van der Waals surface area contributed by atoms with Gasteiger partial charge in [-0.1, -0.05) is 32.9 Å². The smallest absolute Gasteiger partial charge is 0.219 e. The molecule has 0 bridgehead atoms. The third-order valence-corrected chi connectivity index (χ3v) is 2.98. The Hall–Kier alpha value is -2.03. The van der Waals surface area contributed by atoms with Crippen LogP contribution >= 0.6 is 0 Å². The Kier molecular flexibility index (Phi) is 3.47. The van der Waals surface area contributed by atoms with Crippen LogP contribution in [-0.2, 0) is 5.41 Å². The highest BCUT2D eigenvalue weighted by molar-refractivity contribution is 5.55. The summed E-state index contributed by atoms with van der Waals surface area (Å²) in [5, 5.41) is 0. The van der Waals surface area contributed by atoms with Crippen LogP contribution < -0.4 is 10.5 Å². The summed E-state index contributed by atoms with van der Waals surface area (Å²) in [6, 6.07) is 9.63. The maximum Gasteiger partial charge on any atom is 0.219 e. The lowest BCUT2D eigenvalue weighted by atomic mass is 9.88. The molecule has 0 amide bonds. The van der Waals surface area contributed by atoms with Crippen molar-refractivity contribution in [2.75, 3.05) is 5.73 Å². The van der Waals surface area contributed by atoms with Crippen molar-refractivity contribution in [3.8, 4) is 11.6 Å². The monoisotopic (exact) mass is 256 g/mol. The predicted molar refractivity (Wildman–Crippen MR) is 78.6 cm³/mol. The molecule has 3 nitrogen and oxygen atoms in total. The van der Waals surface area contributed by atoms with E-state index in [1.54, 1.807) is 0 Å². The second kappa shape index (κ2) is 4.92. The van der Waals surface area contributed by atoms with E-state index in [9.17, 15) is 0 Å². The van der Waals surface area contributed by atoms with Crippen LogP contribution in [0.2, 0.25) is 0 Å². The lowest BCUT2D eigenvalue weighted by molar-refractivity contribution is 0.463. The number of hydrogen-bond acceptors (Lipinski definition) is 3. The van der Waals surface area contributed by atoms with Crippen molar-refractivity contribution in [2.24, 2.45) is 0 Å². The summed E-state index contributed by atoms with van der Waals surface area (Å²) >= 11 is 0. The van der Waals surface area contributed by atoms with Crippen molar-refractivity contribution in [1.82, 2.24) is 4.98 Å². The topological polar surface area (TPSA) is 48.1 Å². The highest BCUT2D eigenvalue weighted by Gasteiger charge is 2.14. The van der Waals surface area contributed by atoms with Gasteiger partial charge in [0.1, 0.15) is 0 Å². The fourth-order valence-electron chi connectivity index (χ4n) is 1.76. The lowest BCUT2D eigenvalue weighted by Crippen LogP contribution is -2.11. The van der Waals surface area contributed by atoms with Gasteiger partial charge in [-0.3, -0.25) is 0 Å². The number of pyridine rings is 1. The van der Waals surface area contributed by atoms with Crippen LogP contribution in [0.3, 0.4) is 0 Å². The number of hydrogen-bond donors (Lipinski definition) is 1. The Bertz CT molecular complexity index is 568. The normalized spacial score (nSPS) is 11.4. The van der Waals surface area contributed by atoms with Crippen LogP contribution in [0.5, 0.6) is 11.6 Å². The fourth-order valence-corrected chi connectivity index (χ4v) is 1.76. The van der Waals surface area contributed by atoms with E-state index in [-0.39, 0.29) is 5.41 Å². The van der Waals surface area contributed by atoms with Gasteiger partial charge in [-0.2, -0.15) is 0 Å². The van der Waals surface area contributed by atoms with Crippen LogP contribution in [0.4, 0.5) is 5.69 Å². The van der Waals surface area contributed by atoms with E-state index >= 15 is 0 Å². The average Bonchev–Trinajstić information content (AvgIpc) is 2.32. The molecule has 1 aromatic carbocycles. The number of nitrogens with two attached hydrogens (primary N) is 1. The van der Waals surface area contributed by atoms with Gasteiger partial charge < -0.3 is 10.5 Å². The molecule has 0 aliphatic carbocycles. The molecular weight excluding hydrogens is 236 g/mol. The Labute approximate surface area is 114 Å². The summed E-state index contributed by atoms with van der Waals surface area (Å²) in [5.74, 6) is 1.20. The van der Waals surface area contributed by atoms with E-state index in [0.717, 1.165) is 5.56 Å². The quantitative estimate of drug-likeness (QED) is 0.824. The zero-order valence-electron chi connectivity index (χ0n) is 11.9. The van der Waals surface area contributed by atoms with E-state index in [4.69, 9.17) is 10.5 Å². The molecule has 0 saturated heterocycles. The third kappa shape index (κ3) is 3.25. The molecule has 100 valence electrons. The number of aromatic nitrogens is 1. The van der Waals surface area contributed by atoms with Crippen molar-refractivity contribution in [3.63, 3.8) is 0 Å². The summed E-state index contributed by atoms with van der Waals surface area (Å²) in [4.78, 5) is 4.33. The zero-order valence-corrected chi connectivity index (χ0v) is 11.9. The molecule has 0 saturated carbocycles. The van der Waals surface area contributed by atoms with Crippen LogP contribution in [0.1, 0.15) is 31.9 Å². The summed E-state index contributed by atoms with van der Waals surface area (Å²) in [6.07, 6.45) is 1.85. The molecule has 2 rings (SSSR count). The summed E-state index contributed by atoms with van der Waals surface area (Å²) in [7, 11) is 0. The van der Waals surface area contributed by atoms with Gasteiger partial charge in [0.15, 0.2) is 5.75 Å². The molecule has 0 unspecified atom stereocenters. The molecule has 1 aromatic heterocycles. The van der Waals surface area contributed by atoms with Gasteiger partial charge in [-0.05, 0) is 35.6 Å². The highest BCUT2D eigenvalue weighted by atomic mass is 16.5. The molecule has 0 atom stereocenters. The Balaban J connectivity index is 2.20. The largest absolute Gasteiger partial charge is 0.437 e. The number of nitrogen functional groups attached to an aromatic ring is 1. The molecule has 19 heavy (non-hydrogen) atoms. The lowest BCUT2D eigenvalue weighted by Gasteiger charge is -2.18. The molecule has 1 heterocycles. The first-order chi connectivity index (χ1) is 8.86. The molecule has 0 aliphatic heterocycles. The number of benzene rings is 1. The zero-order chi connectivity index (χ0) is 14.0. The van der Waals surface area contributed by atoms with Crippen LogP contribution in [0.15, 0.2) is 36.5 Å². The first-order valence-corrected chi connectivity index (χ1v) is 6.37. The van der Waals surface area contributed by atoms with E-state index in [1.807, 2.05) is 43.5 Å². The van der Waals surface area contributed by atoms with Gasteiger partial charge in [0.25, 0.3) is 0 Å². The maximum absolute atomic E-state index is 5.92. The minimum Gasteiger partial charge on any atom is -0.437 e. The average molecular weight is 256 g/mol. The van der Waals surface area contributed by atoms with Crippen LogP contribution in [-0.4, -0.2) is 4.98 Å². The van der Waals surface area contributed by atoms with E-state index in [1.165, 1.54) is 5.56 Å². The van der Waals surface area contributed by atoms with Crippen molar-refractivity contribution in [1.29, 1.82) is 0 Å². The van der Waals surface area contributed by atoms with Crippen LogP contribution in [0.25, 0.3) is 0 Å². The number of rotatable bonds is 2. The summed E-state index contributed by atoms with van der Waals surface area (Å²) in [6.45, 7) is 8.46. The molecule has 0 spiro atoms.